The van der Waals surface area contributed by atoms with Crippen molar-refractivity contribution < 1.29 is 27.9 Å². The van der Waals surface area contributed by atoms with Gasteiger partial charge in [0.15, 0.2) is 0 Å². The molecule has 0 spiro atoms. The number of aliphatic carboxylic acids is 1. The molecule has 1 rings (SSSR count). The van der Waals surface area contributed by atoms with Crippen molar-refractivity contribution in [2.45, 2.75) is 50.5 Å². The molecular weight excluding hydrogens is 307 g/mol. The molecule has 122 valence electrons. The topological polar surface area (TPSA) is 66.4 Å². The lowest BCUT2D eigenvalue weighted by Gasteiger charge is -2.27. The van der Waals surface area contributed by atoms with E-state index in [0.717, 1.165) is 25.7 Å². The van der Waals surface area contributed by atoms with Gasteiger partial charge in [0, 0.05) is 18.7 Å². The number of halogens is 3. The van der Waals surface area contributed by atoms with Gasteiger partial charge in [0.25, 0.3) is 0 Å². The molecule has 0 unspecified atom stereocenters. The van der Waals surface area contributed by atoms with E-state index in [-0.39, 0.29) is 30.5 Å². The summed E-state index contributed by atoms with van der Waals surface area (Å²) in [4.78, 5) is 23.3. The summed E-state index contributed by atoms with van der Waals surface area (Å²) >= 11 is -0.201. The Balaban J connectivity index is 2.44. The van der Waals surface area contributed by atoms with Crippen molar-refractivity contribution in [1.82, 2.24) is 5.32 Å². The van der Waals surface area contributed by atoms with E-state index in [4.69, 9.17) is 0 Å². The maximum atomic E-state index is 11.9. The number of alkyl halides is 3. The van der Waals surface area contributed by atoms with Crippen molar-refractivity contribution >= 4 is 23.6 Å². The van der Waals surface area contributed by atoms with Gasteiger partial charge in [0.2, 0.25) is 5.91 Å². The first-order valence-corrected chi connectivity index (χ1v) is 7.94. The third-order valence-electron chi connectivity index (χ3n) is 3.70. The van der Waals surface area contributed by atoms with E-state index in [1.54, 1.807) is 0 Å². The molecule has 1 aliphatic carbocycles. The van der Waals surface area contributed by atoms with E-state index in [9.17, 15) is 27.9 Å². The van der Waals surface area contributed by atoms with Crippen LogP contribution in [0.3, 0.4) is 0 Å². The minimum Gasteiger partial charge on any atom is -0.481 e. The van der Waals surface area contributed by atoms with Crippen LogP contribution in [0.4, 0.5) is 13.2 Å². The second-order valence-corrected chi connectivity index (χ2v) is 6.48. The van der Waals surface area contributed by atoms with E-state index in [1.165, 1.54) is 0 Å². The van der Waals surface area contributed by atoms with Crippen molar-refractivity contribution in [1.29, 1.82) is 0 Å². The zero-order valence-electron chi connectivity index (χ0n) is 11.7. The summed E-state index contributed by atoms with van der Waals surface area (Å²) in [5.41, 5.74) is -5.37. The van der Waals surface area contributed by atoms with Gasteiger partial charge in [-0.15, -0.1) is 0 Å². The van der Waals surface area contributed by atoms with Crippen LogP contribution in [0.15, 0.2) is 0 Å². The Bertz CT molecular complexity index is 366. The van der Waals surface area contributed by atoms with Crippen molar-refractivity contribution in [2.24, 2.45) is 5.41 Å². The minimum atomic E-state index is -4.31. The quantitative estimate of drug-likeness (QED) is 0.581. The summed E-state index contributed by atoms with van der Waals surface area (Å²) < 4.78 is 35.8. The van der Waals surface area contributed by atoms with Gasteiger partial charge >= 0.3 is 11.5 Å². The van der Waals surface area contributed by atoms with Crippen LogP contribution in [-0.2, 0) is 9.59 Å². The number of rotatable bonds is 6. The number of nitrogens with one attached hydrogen (secondary N) is 1. The highest BCUT2D eigenvalue weighted by Crippen LogP contribution is 2.38. The number of amides is 1. The number of hydrogen-bond acceptors (Lipinski definition) is 3. The molecule has 0 bridgehead atoms. The monoisotopic (exact) mass is 327 g/mol. The van der Waals surface area contributed by atoms with Crippen LogP contribution in [-0.4, -0.2) is 34.8 Å². The molecule has 0 aromatic rings. The zero-order chi connectivity index (χ0) is 15.9. The Hall–Kier alpha value is -0.920. The third kappa shape index (κ3) is 6.58. The summed E-state index contributed by atoms with van der Waals surface area (Å²) in [5, 5.41) is 11.8. The van der Waals surface area contributed by atoms with Gasteiger partial charge in [-0.05, 0) is 24.6 Å². The van der Waals surface area contributed by atoms with E-state index in [1.807, 2.05) is 0 Å². The molecule has 1 saturated carbocycles. The van der Waals surface area contributed by atoms with Gasteiger partial charge < -0.3 is 10.4 Å². The summed E-state index contributed by atoms with van der Waals surface area (Å²) in [5.74, 6) is -1.73. The van der Waals surface area contributed by atoms with Gasteiger partial charge in [-0.25, -0.2) is 0 Å². The normalized spacial score (nSPS) is 18.8. The Morgan fingerprint density at radius 2 is 1.71 bits per heavy atom. The van der Waals surface area contributed by atoms with Gasteiger partial charge in [-0.2, -0.15) is 13.2 Å². The highest BCUT2D eigenvalue weighted by molar-refractivity contribution is 8.00. The fourth-order valence-electron chi connectivity index (χ4n) is 2.60. The standard InChI is InChI=1S/C13H20F3NO3S/c14-13(15,16)21-8-7-17-10(18)9-12(11(19)20)5-3-1-2-4-6-12/h1-9H2,(H,17,18)(H,19,20). The smallest absolute Gasteiger partial charge is 0.441 e. The van der Waals surface area contributed by atoms with Crippen LogP contribution < -0.4 is 5.32 Å². The van der Waals surface area contributed by atoms with Crippen LogP contribution in [0, 0.1) is 5.41 Å². The maximum Gasteiger partial charge on any atom is 0.441 e. The Morgan fingerprint density at radius 3 is 2.19 bits per heavy atom. The molecule has 8 heteroatoms. The lowest BCUT2D eigenvalue weighted by molar-refractivity contribution is -0.152. The van der Waals surface area contributed by atoms with E-state index < -0.39 is 22.8 Å². The molecule has 0 atom stereocenters. The predicted molar refractivity (Wildman–Crippen MR) is 73.9 cm³/mol. The third-order valence-corrected chi connectivity index (χ3v) is 4.44. The van der Waals surface area contributed by atoms with Crippen LogP contribution in [0.2, 0.25) is 0 Å². The first kappa shape index (κ1) is 18.1. The van der Waals surface area contributed by atoms with Crippen molar-refractivity contribution in [2.75, 3.05) is 12.3 Å². The molecule has 1 aliphatic rings. The number of thioether (sulfide) groups is 1. The Morgan fingerprint density at radius 1 is 1.14 bits per heavy atom. The van der Waals surface area contributed by atoms with Crippen molar-refractivity contribution in [3.8, 4) is 0 Å². The molecule has 0 aliphatic heterocycles. The summed E-state index contributed by atoms with van der Waals surface area (Å²) in [6, 6.07) is 0. The highest BCUT2D eigenvalue weighted by atomic mass is 32.2. The molecule has 0 aromatic carbocycles. The highest BCUT2D eigenvalue weighted by Gasteiger charge is 2.40. The second kappa shape index (κ2) is 7.91. The number of carboxylic acids is 1. The average Bonchev–Trinajstić information content (AvgIpc) is 2.60. The van der Waals surface area contributed by atoms with E-state index in [0.29, 0.717) is 12.8 Å². The fraction of sp³-hybridized carbons (Fsp3) is 0.846. The first-order valence-electron chi connectivity index (χ1n) is 6.96. The summed E-state index contributed by atoms with van der Waals surface area (Å²) in [6.07, 6.45) is 4.20. The molecular formula is C13H20F3NO3S. The SMILES string of the molecule is O=C(CC1(C(=O)O)CCCCCC1)NCCSC(F)(F)F. The molecule has 2 N–H and O–H groups in total. The summed E-state index contributed by atoms with van der Waals surface area (Å²) in [6.45, 7) is -0.112. The molecule has 0 saturated heterocycles. The molecule has 0 radical (unpaired) electrons. The Kier molecular flexibility index (Phi) is 6.83. The van der Waals surface area contributed by atoms with Gasteiger partial charge in [-0.3, -0.25) is 9.59 Å². The van der Waals surface area contributed by atoms with Crippen molar-refractivity contribution in [3.05, 3.63) is 0 Å². The van der Waals surface area contributed by atoms with Gasteiger partial charge in [-0.1, -0.05) is 25.7 Å². The number of hydrogen-bond donors (Lipinski definition) is 2. The van der Waals surface area contributed by atoms with Gasteiger partial charge in [0.1, 0.15) is 0 Å². The Labute approximate surface area is 125 Å². The fourth-order valence-corrected chi connectivity index (χ4v) is 3.03. The predicted octanol–water partition coefficient (Wildman–Crippen LogP) is 3.17. The first-order chi connectivity index (χ1) is 9.75. The summed E-state index contributed by atoms with van der Waals surface area (Å²) in [7, 11) is 0. The van der Waals surface area contributed by atoms with Crippen LogP contribution in [0.25, 0.3) is 0 Å². The number of carbonyl (C=O) groups is 2. The molecule has 1 amide bonds. The largest absolute Gasteiger partial charge is 0.481 e. The van der Waals surface area contributed by atoms with Crippen LogP contribution in [0.5, 0.6) is 0 Å². The molecule has 0 heterocycles. The molecule has 0 aromatic heterocycles. The molecule has 1 fully saturated rings. The van der Waals surface area contributed by atoms with Crippen molar-refractivity contribution in [3.63, 3.8) is 0 Å². The second-order valence-electron chi connectivity index (χ2n) is 5.32. The van der Waals surface area contributed by atoms with Gasteiger partial charge in [0.05, 0.1) is 5.41 Å². The molecule has 21 heavy (non-hydrogen) atoms. The lowest BCUT2D eigenvalue weighted by Crippen LogP contribution is -2.38. The van der Waals surface area contributed by atoms with Crippen LogP contribution >= 0.6 is 11.8 Å². The number of carbonyl (C=O) groups excluding carboxylic acids is 1. The minimum absolute atomic E-state index is 0.112. The average molecular weight is 327 g/mol. The van der Waals surface area contributed by atoms with E-state index in [2.05, 4.69) is 5.32 Å². The molecule has 4 nitrogen and oxygen atoms in total. The maximum absolute atomic E-state index is 11.9. The zero-order valence-corrected chi connectivity index (χ0v) is 12.5. The number of carboxylic acid groups (broad SMARTS) is 1. The van der Waals surface area contributed by atoms with Crippen LogP contribution in [0.1, 0.15) is 44.9 Å². The lowest BCUT2D eigenvalue weighted by atomic mass is 9.77. The van der Waals surface area contributed by atoms with E-state index >= 15 is 0 Å².